The van der Waals surface area contributed by atoms with Gasteiger partial charge < -0.3 is 14.8 Å². The van der Waals surface area contributed by atoms with Crippen LogP contribution in [0.3, 0.4) is 0 Å². The quantitative estimate of drug-likeness (QED) is 0.618. The Labute approximate surface area is 188 Å². The van der Waals surface area contributed by atoms with Gasteiger partial charge in [-0.2, -0.15) is 0 Å². The molecule has 1 aliphatic heterocycles. The smallest absolute Gasteiger partial charge is 0.255 e. The second-order valence-electron chi connectivity index (χ2n) is 8.19. The SMILES string of the molecule is CCc1ccc(-c2oc3cc4c(cc3c2C(=O)NC)C(O)CCCCN4S(C)(=O)=O)cc1. The number of hydrogen-bond acceptors (Lipinski definition) is 5. The molecule has 0 radical (unpaired) electrons. The van der Waals surface area contributed by atoms with Gasteiger partial charge in [-0.15, -0.1) is 0 Å². The van der Waals surface area contributed by atoms with E-state index in [1.807, 2.05) is 24.3 Å². The van der Waals surface area contributed by atoms with E-state index in [0.29, 0.717) is 59.4 Å². The number of benzene rings is 2. The molecule has 0 aliphatic carbocycles. The van der Waals surface area contributed by atoms with Crippen LogP contribution < -0.4 is 9.62 Å². The van der Waals surface area contributed by atoms with Crippen molar-refractivity contribution in [3.63, 3.8) is 0 Å². The van der Waals surface area contributed by atoms with Gasteiger partial charge in [-0.05, 0) is 37.3 Å². The zero-order chi connectivity index (χ0) is 23.0. The fraction of sp³-hybridized carbons (Fsp3) is 0.375. The summed E-state index contributed by atoms with van der Waals surface area (Å²) in [6, 6.07) is 11.1. The molecule has 0 bridgehead atoms. The summed E-state index contributed by atoms with van der Waals surface area (Å²) < 4.78 is 32.5. The number of furan rings is 1. The van der Waals surface area contributed by atoms with Crippen LogP contribution in [0, 0.1) is 0 Å². The Morgan fingerprint density at radius 2 is 1.94 bits per heavy atom. The predicted octanol–water partition coefficient (Wildman–Crippen LogP) is 4.01. The molecule has 1 atom stereocenters. The summed E-state index contributed by atoms with van der Waals surface area (Å²) in [5.74, 6) is 0.110. The van der Waals surface area contributed by atoms with Crippen LogP contribution in [0.2, 0.25) is 0 Å². The van der Waals surface area contributed by atoms with Crippen molar-refractivity contribution in [1.29, 1.82) is 0 Å². The van der Waals surface area contributed by atoms with E-state index < -0.39 is 16.1 Å². The number of nitrogens with one attached hydrogen (secondary N) is 1. The third-order valence-corrected chi connectivity index (χ3v) is 7.21. The summed E-state index contributed by atoms with van der Waals surface area (Å²) in [6.45, 7) is 2.40. The molecule has 1 aromatic heterocycles. The highest BCUT2D eigenvalue weighted by Crippen LogP contribution is 2.41. The van der Waals surface area contributed by atoms with Crippen LogP contribution in [-0.2, 0) is 16.4 Å². The molecular formula is C24H28N2O5S. The van der Waals surface area contributed by atoms with Gasteiger partial charge in [0.15, 0.2) is 0 Å². The Balaban J connectivity index is 2.00. The Kier molecular flexibility index (Phi) is 6.01. The minimum Gasteiger partial charge on any atom is -0.455 e. The molecule has 1 amide bonds. The standard InChI is InChI=1S/C24H28N2O5S/c1-4-15-8-10-16(11-9-15)23-22(24(28)25-2)18-13-17-19(14-21(18)31-23)26(32(3,29)30)12-6-5-7-20(17)27/h8-11,13-14,20,27H,4-7,12H2,1-3H3,(H,25,28). The third kappa shape index (κ3) is 4.00. The maximum atomic E-state index is 12.9. The number of fused-ring (bicyclic) bond motifs is 2. The average molecular weight is 457 g/mol. The molecule has 0 saturated heterocycles. The van der Waals surface area contributed by atoms with E-state index in [4.69, 9.17) is 4.42 Å². The second kappa shape index (κ2) is 8.60. The summed E-state index contributed by atoms with van der Waals surface area (Å²) in [4.78, 5) is 12.9. The number of carbonyl (C=O) groups is 1. The van der Waals surface area contributed by atoms with E-state index >= 15 is 0 Å². The first-order valence-corrected chi connectivity index (χ1v) is 12.7. The molecule has 1 aliphatic rings. The fourth-order valence-corrected chi connectivity index (χ4v) is 5.27. The minimum atomic E-state index is -3.55. The summed E-state index contributed by atoms with van der Waals surface area (Å²) >= 11 is 0. The fourth-order valence-electron chi connectivity index (χ4n) is 4.29. The normalized spacial score (nSPS) is 17.0. The Bertz CT molecular complexity index is 1260. The summed E-state index contributed by atoms with van der Waals surface area (Å²) in [6.07, 6.45) is 3.10. The maximum Gasteiger partial charge on any atom is 0.255 e. The third-order valence-electron chi connectivity index (χ3n) is 6.03. The van der Waals surface area contributed by atoms with E-state index in [1.165, 1.54) is 9.87 Å². The lowest BCUT2D eigenvalue weighted by atomic mass is 9.96. The second-order valence-corrected chi connectivity index (χ2v) is 10.1. The van der Waals surface area contributed by atoms with Crippen molar-refractivity contribution in [2.45, 2.75) is 38.7 Å². The molecule has 8 heteroatoms. The molecule has 0 saturated carbocycles. The van der Waals surface area contributed by atoms with Gasteiger partial charge >= 0.3 is 0 Å². The number of aliphatic hydroxyl groups excluding tert-OH is 1. The van der Waals surface area contributed by atoms with Crippen LogP contribution in [0.4, 0.5) is 5.69 Å². The average Bonchev–Trinajstić information content (AvgIpc) is 3.14. The van der Waals surface area contributed by atoms with E-state index in [0.717, 1.165) is 18.2 Å². The highest BCUT2D eigenvalue weighted by atomic mass is 32.2. The number of sulfonamides is 1. The van der Waals surface area contributed by atoms with Crippen molar-refractivity contribution in [2.75, 3.05) is 24.2 Å². The van der Waals surface area contributed by atoms with Crippen molar-refractivity contribution < 1.29 is 22.7 Å². The molecule has 7 nitrogen and oxygen atoms in total. The number of carbonyl (C=O) groups excluding carboxylic acids is 1. The number of hydrogen-bond donors (Lipinski definition) is 2. The molecule has 1 unspecified atom stereocenters. The van der Waals surface area contributed by atoms with Crippen molar-refractivity contribution in [3.05, 3.63) is 53.1 Å². The van der Waals surface area contributed by atoms with Crippen LogP contribution >= 0.6 is 0 Å². The highest BCUT2D eigenvalue weighted by molar-refractivity contribution is 7.92. The van der Waals surface area contributed by atoms with Gasteiger partial charge in [0.2, 0.25) is 10.0 Å². The molecular weight excluding hydrogens is 428 g/mol. The Hall–Kier alpha value is -2.84. The van der Waals surface area contributed by atoms with E-state index in [9.17, 15) is 18.3 Å². The van der Waals surface area contributed by atoms with Gasteiger partial charge in [0.05, 0.1) is 23.6 Å². The van der Waals surface area contributed by atoms with Crippen LogP contribution in [0.15, 0.2) is 40.8 Å². The monoisotopic (exact) mass is 456 g/mol. The number of rotatable bonds is 4. The lowest BCUT2D eigenvalue weighted by Gasteiger charge is -2.29. The largest absolute Gasteiger partial charge is 0.455 e. The molecule has 2 N–H and O–H groups in total. The molecule has 4 rings (SSSR count). The number of anilines is 1. The lowest BCUT2D eigenvalue weighted by Crippen LogP contribution is -2.33. The van der Waals surface area contributed by atoms with Crippen LogP contribution in [0.5, 0.6) is 0 Å². The first-order valence-electron chi connectivity index (χ1n) is 10.8. The molecule has 2 aromatic carbocycles. The number of amides is 1. The summed E-state index contributed by atoms with van der Waals surface area (Å²) in [7, 11) is -2.00. The topological polar surface area (TPSA) is 99.8 Å². The molecule has 32 heavy (non-hydrogen) atoms. The molecule has 0 spiro atoms. The van der Waals surface area contributed by atoms with Gasteiger partial charge in [0.25, 0.3) is 5.91 Å². The van der Waals surface area contributed by atoms with E-state index in [-0.39, 0.29) is 5.91 Å². The zero-order valence-electron chi connectivity index (χ0n) is 18.5. The van der Waals surface area contributed by atoms with Crippen LogP contribution in [0.25, 0.3) is 22.3 Å². The highest BCUT2D eigenvalue weighted by Gasteiger charge is 2.29. The summed E-state index contributed by atoms with van der Waals surface area (Å²) in [5.41, 5.74) is 3.58. The first-order chi connectivity index (χ1) is 15.2. The zero-order valence-corrected chi connectivity index (χ0v) is 19.3. The van der Waals surface area contributed by atoms with Crippen LogP contribution in [0.1, 0.15) is 53.8 Å². The van der Waals surface area contributed by atoms with Crippen LogP contribution in [-0.4, -0.2) is 39.3 Å². The Morgan fingerprint density at radius 3 is 2.56 bits per heavy atom. The maximum absolute atomic E-state index is 12.9. The van der Waals surface area contributed by atoms with Crippen molar-refractivity contribution in [1.82, 2.24) is 5.32 Å². The molecule has 3 aromatic rings. The van der Waals surface area contributed by atoms with E-state index in [1.54, 1.807) is 19.2 Å². The molecule has 2 heterocycles. The molecule has 170 valence electrons. The van der Waals surface area contributed by atoms with Gasteiger partial charge in [-0.1, -0.05) is 31.2 Å². The first kappa shape index (κ1) is 22.4. The van der Waals surface area contributed by atoms with Crippen molar-refractivity contribution in [2.24, 2.45) is 0 Å². The minimum absolute atomic E-state index is 0.307. The number of aliphatic hydroxyl groups is 1. The summed E-state index contributed by atoms with van der Waals surface area (Å²) in [5, 5.41) is 14.0. The van der Waals surface area contributed by atoms with Gasteiger partial charge in [0, 0.05) is 36.2 Å². The van der Waals surface area contributed by atoms with E-state index in [2.05, 4.69) is 12.2 Å². The van der Waals surface area contributed by atoms with Crippen molar-refractivity contribution >= 4 is 32.6 Å². The molecule has 0 fully saturated rings. The number of aryl methyl sites for hydroxylation is 1. The van der Waals surface area contributed by atoms with Gasteiger partial charge in [0.1, 0.15) is 11.3 Å². The lowest BCUT2D eigenvalue weighted by molar-refractivity contribution is 0.0964. The van der Waals surface area contributed by atoms with Gasteiger partial charge in [-0.25, -0.2) is 8.42 Å². The Morgan fingerprint density at radius 1 is 1.22 bits per heavy atom. The number of nitrogens with zero attached hydrogens (tertiary/aromatic N) is 1. The predicted molar refractivity (Wildman–Crippen MR) is 125 cm³/mol. The van der Waals surface area contributed by atoms with Crippen molar-refractivity contribution in [3.8, 4) is 11.3 Å². The van der Waals surface area contributed by atoms with Gasteiger partial charge in [-0.3, -0.25) is 9.10 Å².